The molecule has 0 saturated carbocycles. The molecule has 9 nitrogen and oxygen atoms in total. The Morgan fingerprint density at radius 3 is 2.63 bits per heavy atom. The maximum atomic E-state index is 13.3. The Kier molecular flexibility index (Phi) is 5.08. The zero-order chi connectivity index (χ0) is 21.6. The molecule has 30 heavy (non-hydrogen) atoms. The Bertz CT molecular complexity index is 1330. The number of fused-ring (bicyclic) bond motifs is 1. The smallest absolute Gasteiger partial charge is 0.331 e. The first-order chi connectivity index (χ1) is 14.3. The first-order valence-corrected chi connectivity index (χ1v) is 9.75. The number of hydrogen-bond acceptors (Lipinski definition) is 6. The number of nitrogens with zero attached hydrogens (tertiary/aromatic N) is 6. The minimum atomic E-state index is -0.395. The molecule has 3 N–H and O–H groups in total. The van der Waals surface area contributed by atoms with Crippen LogP contribution in [0, 0.1) is 13.8 Å². The van der Waals surface area contributed by atoms with Gasteiger partial charge < -0.3 is 5.73 Å². The van der Waals surface area contributed by atoms with Gasteiger partial charge in [-0.25, -0.2) is 4.79 Å². The number of nitrogen functional groups attached to an aromatic ring is 1. The minimum Gasteiger partial charge on any atom is -0.368 e. The standard InChI is InChI=1S/C19H18Cl2N7O2/c1-10-7-28(30)13(11(2)14(10)20)9-27-17-15(16(21)24-18(22)25-17)26(19(27)29)8-12-5-3-4-6-23-12/h3-7,30H,8-9H2,1-2H3,(H2,22,24,25)/q+1. The van der Waals surface area contributed by atoms with Gasteiger partial charge in [-0.15, -0.1) is 0 Å². The zero-order valence-electron chi connectivity index (χ0n) is 16.2. The molecule has 0 bridgehead atoms. The number of aromatic nitrogens is 6. The van der Waals surface area contributed by atoms with Crippen LogP contribution >= 0.6 is 23.2 Å². The maximum Gasteiger partial charge on any atom is 0.331 e. The van der Waals surface area contributed by atoms with E-state index in [-0.39, 0.29) is 29.8 Å². The molecule has 0 aliphatic carbocycles. The summed E-state index contributed by atoms with van der Waals surface area (Å²) in [5, 5.41) is 11.0. The number of pyridine rings is 2. The number of halogens is 2. The number of nitrogens with two attached hydrogens (primary N) is 1. The SMILES string of the molecule is Cc1c[n+](O)c(Cn2c(=O)n(Cc3ccccn3)c3c(Cl)nc(N)nc32)c(C)c1Cl. The molecule has 4 aromatic rings. The van der Waals surface area contributed by atoms with Crippen LogP contribution in [0.1, 0.15) is 22.5 Å². The van der Waals surface area contributed by atoms with Crippen LogP contribution in [0.15, 0.2) is 35.4 Å². The number of anilines is 1. The molecule has 0 radical (unpaired) electrons. The molecule has 154 valence electrons. The summed E-state index contributed by atoms with van der Waals surface area (Å²) in [6.07, 6.45) is 3.13. The van der Waals surface area contributed by atoms with Crippen LogP contribution in [-0.4, -0.2) is 29.3 Å². The van der Waals surface area contributed by atoms with Crippen LogP contribution in [0.2, 0.25) is 10.2 Å². The van der Waals surface area contributed by atoms with Gasteiger partial charge in [0.05, 0.1) is 17.3 Å². The fourth-order valence-corrected chi connectivity index (χ4v) is 3.81. The number of hydrogen-bond donors (Lipinski definition) is 2. The number of imidazole rings is 1. The van der Waals surface area contributed by atoms with Gasteiger partial charge in [-0.2, -0.15) is 9.97 Å². The lowest BCUT2D eigenvalue weighted by atomic mass is 10.1. The van der Waals surface area contributed by atoms with E-state index in [0.717, 1.165) is 4.73 Å². The normalized spacial score (nSPS) is 11.3. The lowest BCUT2D eigenvalue weighted by Crippen LogP contribution is -2.39. The fourth-order valence-electron chi connectivity index (χ4n) is 3.38. The van der Waals surface area contributed by atoms with Crippen LogP contribution in [0.5, 0.6) is 0 Å². The van der Waals surface area contributed by atoms with Crippen molar-refractivity contribution in [1.29, 1.82) is 0 Å². The molecule has 0 unspecified atom stereocenters. The molecule has 0 amide bonds. The maximum absolute atomic E-state index is 13.3. The highest BCUT2D eigenvalue weighted by Crippen LogP contribution is 2.24. The number of rotatable bonds is 4. The Morgan fingerprint density at radius 2 is 1.93 bits per heavy atom. The summed E-state index contributed by atoms with van der Waals surface area (Å²) in [5.41, 5.74) is 8.42. The lowest BCUT2D eigenvalue weighted by molar-refractivity contribution is -0.910. The summed E-state index contributed by atoms with van der Waals surface area (Å²) in [7, 11) is 0. The molecule has 0 aromatic carbocycles. The van der Waals surface area contributed by atoms with Gasteiger partial charge in [0.15, 0.2) is 10.8 Å². The second-order valence-corrected chi connectivity index (χ2v) is 7.60. The summed E-state index contributed by atoms with van der Waals surface area (Å²) in [6, 6.07) is 5.42. The van der Waals surface area contributed by atoms with Crippen LogP contribution < -0.4 is 16.2 Å². The lowest BCUT2D eigenvalue weighted by Gasteiger charge is -2.06. The third-order valence-corrected chi connectivity index (χ3v) is 5.73. The Hall–Kier alpha value is -3.17. The van der Waals surface area contributed by atoms with E-state index in [0.29, 0.717) is 33.1 Å². The Labute approximate surface area is 180 Å². The Balaban J connectivity index is 1.94. The van der Waals surface area contributed by atoms with E-state index in [1.165, 1.54) is 15.3 Å². The van der Waals surface area contributed by atoms with Crippen LogP contribution in [0.4, 0.5) is 5.95 Å². The zero-order valence-corrected chi connectivity index (χ0v) is 17.7. The molecule has 0 aliphatic heterocycles. The average Bonchev–Trinajstić information content (AvgIpc) is 2.95. The van der Waals surface area contributed by atoms with Crippen molar-refractivity contribution in [1.82, 2.24) is 24.1 Å². The van der Waals surface area contributed by atoms with Gasteiger partial charge in [0.2, 0.25) is 12.1 Å². The quantitative estimate of drug-likeness (QED) is 0.281. The first-order valence-electron chi connectivity index (χ1n) is 8.99. The molecule has 0 fully saturated rings. The molecular formula is C19H18Cl2N7O2+. The fraction of sp³-hybridized carbons (Fsp3) is 0.211. The predicted octanol–water partition coefficient (Wildman–Crippen LogP) is 2.12. The molecule has 4 aromatic heterocycles. The van der Waals surface area contributed by atoms with Crippen LogP contribution in [0.3, 0.4) is 0 Å². The van der Waals surface area contributed by atoms with E-state index in [2.05, 4.69) is 15.0 Å². The highest BCUT2D eigenvalue weighted by atomic mass is 35.5. The van der Waals surface area contributed by atoms with E-state index in [9.17, 15) is 10.0 Å². The van der Waals surface area contributed by atoms with Crippen molar-refractivity contribution in [2.24, 2.45) is 0 Å². The third-order valence-electron chi connectivity index (χ3n) is 4.88. The molecule has 4 heterocycles. The van der Waals surface area contributed by atoms with E-state index in [4.69, 9.17) is 28.9 Å². The summed E-state index contributed by atoms with van der Waals surface area (Å²) in [5.74, 6) is -0.0632. The van der Waals surface area contributed by atoms with Gasteiger partial charge in [0.1, 0.15) is 12.1 Å². The topological polar surface area (TPSA) is 116 Å². The first kappa shape index (κ1) is 20.1. The van der Waals surface area contributed by atoms with Crippen molar-refractivity contribution < 1.29 is 9.94 Å². The third kappa shape index (κ3) is 3.35. The van der Waals surface area contributed by atoms with Gasteiger partial charge in [0, 0.05) is 22.1 Å². The molecule has 11 heteroatoms. The van der Waals surface area contributed by atoms with Gasteiger partial charge >= 0.3 is 5.69 Å². The van der Waals surface area contributed by atoms with Gasteiger partial charge in [0.25, 0.3) is 5.69 Å². The second kappa shape index (κ2) is 7.58. The summed E-state index contributed by atoms with van der Waals surface area (Å²) in [6.45, 7) is 3.72. The molecule has 0 aliphatic rings. The van der Waals surface area contributed by atoms with Crippen molar-refractivity contribution in [3.8, 4) is 0 Å². The molecule has 4 rings (SSSR count). The van der Waals surface area contributed by atoms with Crippen molar-refractivity contribution in [3.05, 3.63) is 73.8 Å². The summed E-state index contributed by atoms with van der Waals surface area (Å²) >= 11 is 12.7. The molecule has 0 saturated heterocycles. The van der Waals surface area contributed by atoms with Crippen molar-refractivity contribution in [3.63, 3.8) is 0 Å². The molecule has 0 spiro atoms. The van der Waals surface area contributed by atoms with Gasteiger partial charge in [-0.3, -0.25) is 19.3 Å². The van der Waals surface area contributed by atoms with Crippen LogP contribution in [0.25, 0.3) is 11.2 Å². The molecule has 0 atom stereocenters. The highest BCUT2D eigenvalue weighted by molar-refractivity contribution is 6.33. The van der Waals surface area contributed by atoms with Crippen molar-refractivity contribution >= 4 is 40.3 Å². The van der Waals surface area contributed by atoms with Crippen molar-refractivity contribution in [2.75, 3.05) is 5.73 Å². The minimum absolute atomic E-state index is 0.000330. The summed E-state index contributed by atoms with van der Waals surface area (Å²) in [4.78, 5) is 25.8. The van der Waals surface area contributed by atoms with E-state index >= 15 is 0 Å². The molecular weight excluding hydrogens is 429 g/mol. The second-order valence-electron chi connectivity index (χ2n) is 6.86. The monoisotopic (exact) mass is 446 g/mol. The van der Waals surface area contributed by atoms with Crippen LogP contribution in [-0.2, 0) is 13.1 Å². The van der Waals surface area contributed by atoms with E-state index < -0.39 is 5.69 Å². The average molecular weight is 447 g/mol. The Morgan fingerprint density at radius 1 is 1.17 bits per heavy atom. The van der Waals surface area contributed by atoms with E-state index in [1.54, 1.807) is 32.2 Å². The highest BCUT2D eigenvalue weighted by Gasteiger charge is 2.25. The van der Waals surface area contributed by atoms with E-state index in [1.807, 2.05) is 6.07 Å². The summed E-state index contributed by atoms with van der Waals surface area (Å²) < 4.78 is 3.77. The van der Waals surface area contributed by atoms with Gasteiger partial charge in [-0.05, 0) is 26.0 Å². The largest absolute Gasteiger partial charge is 0.368 e. The van der Waals surface area contributed by atoms with Gasteiger partial charge in [-0.1, -0.05) is 29.3 Å². The predicted molar refractivity (Wildman–Crippen MR) is 112 cm³/mol. The number of aryl methyl sites for hydroxylation is 1. The van der Waals surface area contributed by atoms with Crippen molar-refractivity contribution in [2.45, 2.75) is 26.9 Å².